The highest BCUT2D eigenvalue weighted by molar-refractivity contribution is 6.30. The van der Waals surface area contributed by atoms with Gasteiger partial charge >= 0.3 is 11.9 Å². The van der Waals surface area contributed by atoms with E-state index in [9.17, 15) is 9.59 Å². The van der Waals surface area contributed by atoms with Gasteiger partial charge < -0.3 is 23.2 Å². The van der Waals surface area contributed by atoms with E-state index in [1.807, 2.05) is 24.3 Å². The van der Waals surface area contributed by atoms with Crippen LogP contribution in [0.3, 0.4) is 0 Å². The average molecular weight is 550 g/mol. The van der Waals surface area contributed by atoms with E-state index in [2.05, 4.69) is 41.1 Å². The molecule has 0 aliphatic heterocycles. The topological polar surface area (TPSA) is 104 Å². The molecule has 202 valence electrons. The van der Waals surface area contributed by atoms with Gasteiger partial charge in [0.15, 0.2) is 12.4 Å². The minimum atomic E-state index is -0.546. The van der Waals surface area contributed by atoms with Crippen LogP contribution in [-0.2, 0) is 16.1 Å². The number of hydrogen-bond acceptors (Lipinski definition) is 7. The number of nitrogens with zero attached hydrogens (tertiary/aromatic N) is 2. The SMILES string of the molecule is CCOC(=O)COc1ccc(Cl)cc1/C=N/NC(=O)c1ccc(COc2ccc(-n3c(C)ccc3C)cc2)o1. The second kappa shape index (κ2) is 12.8. The van der Waals surface area contributed by atoms with E-state index < -0.39 is 11.9 Å². The lowest BCUT2D eigenvalue weighted by Gasteiger charge is -2.10. The zero-order valence-corrected chi connectivity index (χ0v) is 22.5. The number of halogens is 1. The van der Waals surface area contributed by atoms with Crippen LogP contribution >= 0.6 is 11.6 Å². The average Bonchev–Trinajstić information content (AvgIpc) is 3.53. The quantitative estimate of drug-likeness (QED) is 0.148. The molecule has 0 atom stereocenters. The van der Waals surface area contributed by atoms with E-state index in [-0.39, 0.29) is 25.6 Å². The molecule has 2 heterocycles. The number of amides is 1. The summed E-state index contributed by atoms with van der Waals surface area (Å²) in [5.74, 6) is 0.542. The molecule has 4 aromatic rings. The largest absolute Gasteiger partial charge is 0.486 e. The molecule has 0 aliphatic carbocycles. The van der Waals surface area contributed by atoms with Gasteiger partial charge in [0, 0.05) is 27.7 Å². The van der Waals surface area contributed by atoms with Gasteiger partial charge in [-0.3, -0.25) is 4.79 Å². The summed E-state index contributed by atoms with van der Waals surface area (Å²) in [5, 5.41) is 4.39. The Bertz CT molecular complexity index is 1450. The molecule has 1 amide bonds. The Morgan fingerprint density at radius 3 is 2.46 bits per heavy atom. The Kier molecular flexibility index (Phi) is 9.06. The van der Waals surface area contributed by atoms with Gasteiger partial charge in [-0.1, -0.05) is 11.6 Å². The Morgan fingerprint density at radius 1 is 1.00 bits per heavy atom. The number of carbonyl (C=O) groups excluding carboxylic acids is 2. The normalized spacial score (nSPS) is 11.0. The molecule has 39 heavy (non-hydrogen) atoms. The van der Waals surface area contributed by atoms with Gasteiger partial charge in [0.1, 0.15) is 23.9 Å². The third kappa shape index (κ3) is 7.30. The predicted molar refractivity (Wildman–Crippen MR) is 147 cm³/mol. The van der Waals surface area contributed by atoms with Crippen molar-refractivity contribution in [2.24, 2.45) is 5.10 Å². The van der Waals surface area contributed by atoms with Gasteiger partial charge in [-0.15, -0.1) is 0 Å². The summed E-state index contributed by atoms with van der Waals surface area (Å²) < 4.78 is 23.9. The van der Waals surface area contributed by atoms with E-state index in [1.165, 1.54) is 12.3 Å². The molecule has 0 bridgehead atoms. The van der Waals surface area contributed by atoms with Crippen LogP contribution in [0.15, 0.2) is 76.2 Å². The Morgan fingerprint density at radius 2 is 1.74 bits per heavy atom. The summed E-state index contributed by atoms with van der Waals surface area (Å²) >= 11 is 6.06. The molecule has 10 heteroatoms. The van der Waals surface area contributed by atoms with Gasteiger partial charge in [-0.2, -0.15) is 5.10 Å². The number of furan rings is 1. The lowest BCUT2D eigenvalue weighted by molar-refractivity contribution is -0.145. The van der Waals surface area contributed by atoms with Crippen molar-refractivity contribution in [2.75, 3.05) is 13.2 Å². The van der Waals surface area contributed by atoms with Crippen molar-refractivity contribution >= 4 is 29.7 Å². The van der Waals surface area contributed by atoms with Crippen molar-refractivity contribution in [1.82, 2.24) is 9.99 Å². The molecule has 9 nitrogen and oxygen atoms in total. The molecule has 2 aromatic carbocycles. The minimum Gasteiger partial charge on any atom is -0.486 e. The van der Waals surface area contributed by atoms with Crippen molar-refractivity contribution in [3.05, 3.63) is 100 Å². The van der Waals surface area contributed by atoms with Crippen LogP contribution in [0.25, 0.3) is 5.69 Å². The zero-order valence-electron chi connectivity index (χ0n) is 21.8. The minimum absolute atomic E-state index is 0.0736. The highest BCUT2D eigenvalue weighted by Gasteiger charge is 2.12. The van der Waals surface area contributed by atoms with Crippen LogP contribution < -0.4 is 14.9 Å². The highest BCUT2D eigenvalue weighted by atomic mass is 35.5. The zero-order chi connectivity index (χ0) is 27.8. The first-order chi connectivity index (χ1) is 18.8. The Labute approximate surface area is 230 Å². The fourth-order valence-electron chi connectivity index (χ4n) is 3.81. The smallest absolute Gasteiger partial charge is 0.344 e. The van der Waals surface area contributed by atoms with Crippen LogP contribution in [0.1, 0.15) is 40.2 Å². The molecule has 0 unspecified atom stereocenters. The molecule has 0 fully saturated rings. The Balaban J connectivity index is 1.31. The number of carbonyl (C=O) groups is 2. The van der Waals surface area contributed by atoms with E-state index in [4.69, 9.17) is 30.2 Å². The summed E-state index contributed by atoms with van der Waals surface area (Å²) in [7, 11) is 0. The number of hydrogen-bond donors (Lipinski definition) is 1. The molecular weight excluding hydrogens is 522 g/mol. The maximum atomic E-state index is 12.5. The molecule has 4 rings (SSSR count). The van der Waals surface area contributed by atoms with Gasteiger partial charge in [-0.05, 0) is 87.5 Å². The van der Waals surface area contributed by atoms with E-state index in [1.54, 1.807) is 31.2 Å². The Hall–Kier alpha value is -4.50. The molecule has 0 radical (unpaired) electrons. The first kappa shape index (κ1) is 27.5. The van der Waals surface area contributed by atoms with Crippen LogP contribution in [0, 0.1) is 13.8 Å². The molecule has 1 N–H and O–H groups in total. The van der Waals surface area contributed by atoms with Crippen LogP contribution in [0.4, 0.5) is 0 Å². The van der Waals surface area contributed by atoms with Crippen LogP contribution in [0.5, 0.6) is 11.5 Å². The van der Waals surface area contributed by atoms with E-state index in [0.29, 0.717) is 27.8 Å². The summed E-state index contributed by atoms with van der Waals surface area (Å²) in [5.41, 5.74) is 6.23. The number of nitrogens with one attached hydrogen (secondary N) is 1. The maximum Gasteiger partial charge on any atom is 0.344 e. The van der Waals surface area contributed by atoms with Crippen molar-refractivity contribution in [1.29, 1.82) is 0 Å². The monoisotopic (exact) mass is 549 g/mol. The molecule has 2 aromatic heterocycles. The second-order valence-electron chi connectivity index (χ2n) is 8.48. The summed E-state index contributed by atoms with van der Waals surface area (Å²) in [6.45, 7) is 5.97. The van der Waals surface area contributed by atoms with Gasteiger partial charge in [0.25, 0.3) is 0 Å². The van der Waals surface area contributed by atoms with Crippen LogP contribution in [0.2, 0.25) is 5.02 Å². The number of hydrazone groups is 1. The highest BCUT2D eigenvalue weighted by Crippen LogP contribution is 2.22. The molecule has 0 saturated heterocycles. The van der Waals surface area contributed by atoms with Gasteiger partial charge in [0.2, 0.25) is 0 Å². The van der Waals surface area contributed by atoms with E-state index in [0.717, 1.165) is 17.1 Å². The first-order valence-electron chi connectivity index (χ1n) is 12.2. The van der Waals surface area contributed by atoms with Crippen molar-refractivity contribution in [3.8, 4) is 17.2 Å². The third-order valence-corrected chi connectivity index (χ3v) is 5.86. The molecule has 0 aliphatic rings. The fraction of sp³-hybridized carbons (Fsp3) is 0.207. The molecular formula is C29H28ClN3O6. The summed E-state index contributed by atoms with van der Waals surface area (Å²) in [6.07, 6.45) is 1.36. The summed E-state index contributed by atoms with van der Waals surface area (Å²) in [6, 6.07) is 19.9. The molecule has 0 saturated carbocycles. The number of esters is 1. The number of aromatic nitrogens is 1. The third-order valence-electron chi connectivity index (χ3n) is 5.63. The van der Waals surface area contributed by atoms with Gasteiger partial charge in [0.05, 0.1) is 12.8 Å². The van der Waals surface area contributed by atoms with Gasteiger partial charge in [-0.25, -0.2) is 10.2 Å². The van der Waals surface area contributed by atoms with Crippen molar-refractivity contribution < 1.29 is 28.2 Å². The number of benzene rings is 2. The first-order valence-corrected chi connectivity index (χ1v) is 12.6. The van der Waals surface area contributed by atoms with Crippen molar-refractivity contribution in [3.63, 3.8) is 0 Å². The fourth-order valence-corrected chi connectivity index (χ4v) is 3.99. The number of rotatable bonds is 11. The predicted octanol–water partition coefficient (Wildman–Crippen LogP) is 5.63. The van der Waals surface area contributed by atoms with Crippen LogP contribution in [-0.4, -0.2) is 35.9 Å². The van der Waals surface area contributed by atoms with Crippen molar-refractivity contribution in [2.45, 2.75) is 27.4 Å². The standard InChI is InChI=1S/C29H28ClN3O6/c1-4-36-28(34)18-38-26-13-7-22(30)15-21(26)16-31-32-29(35)27-14-12-25(39-27)17-37-24-10-8-23(9-11-24)33-19(2)5-6-20(33)3/h5-16H,4,17-18H2,1-3H3,(H,32,35)/b31-16+. The number of ether oxygens (including phenoxy) is 3. The molecule has 0 spiro atoms. The maximum absolute atomic E-state index is 12.5. The number of aryl methyl sites for hydroxylation is 2. The van der Waals surface area contributed by atoms with E-state index >= 15 is 0 Å². The lowest BCUT2D eigenvalue weighted by Crippen LogP contribution is -2.17. The summed E-state index contributed by atoms with van der Waals surface area (Å²) in [4.78, 5) is 24.1. The second-order valence-corrected chi connectivity index (χ2v) is 8.91. The lowest BCUT2D eigenvalue weighted by atomic mass is 10.2.